The van der Waals surface area contributed by atoms with Gasteiger partial charge in [0.2, 0.25) is 0 Å². The number of nitrogens with zero attached hydrogens (tertiary/aromatic N) is 1. The maximum atomic E-state index is 12.6. The van der Waals surface area contributed by atoms with E-state index in [-0.39, 0.29) is 18.3 Å². The summed E-state index contributed by atoms with van der Waals surface area (Å²) in [5.74, 6) is 0.824. The summed E-state index contributed by atoms with van der Waals surface area (Å²) in [6.45, 7) is 5.78. The van der Waals surface area contributed by atoms with Crippen LogP contribution in [0.2, 0.25) is 0 Å². The van der Waals surface area contributed by atoms with Gasteiger partial charge in [0, 0.05) is 24.1 Å². The Kier molecular flexibility index (Phi) is 6.34. The minimum Gasteiger partial charge on any atom is -0.481 e. The van der Waals surface area contributed by atoms with Crippen LogP contribution in [0.4, 0.5) is 0 Å². The third-order valence-corrected chi connectivity index (χ3v) is 5.42. The Bertz CT molecular complexity index is 539. The summed E-state index contributed by atoms with van der Waals surface area (Å²) in [5.41, 5.74) is 0.436. The number of likely N-dealkylation sites (tertiary alicyclic amines) is 1. The average Bonchev–Trinajstić information content (AvgIpc) is 2.95. The summed E-state index contributed by atoms with van der Waals surface area (Å²) in [4.78, 5) is 14.5. The van der Waals surface area contributed by atoms with Crippen molar-refractivity contribution >= 4 is 34.2 Å². The van der Waals surface area contributed by atoms with Gasteiger partial charge in [-0.1, -0.05) is 22.0 Å². The van der Waals surface area contributed by atoms with Gasteiger partial charge >= 0.3 is 0 Å². The van der Waals surface area contributed by atoms with Gasteiger partial charge in [-0.2, -0.15) is 0 Å². The van der Waals surface area contributed by atoms with Gasteiger partial charge in [0.25, 0.3) is 5.91 Å². The predicted molar refractivity (Wildman–Crippen MR) is 97.2 cm³/mol. The standard InChI is InChI=1S/C17H23BrN2O2.ClH/c1-13(22-15-4-2-3-14(18)11-15)16(21)20-9-6-17(7-10-20)5-8-19-12-17;/h2-4,11,13,19H,5-10,12H2,1H3;1H. The van der Waals surface area contributed by atoms with Crippen molar-refractivity contribution in [2.75, 3.05) is 26.2 Å². The zero-order valence-electron chi connectivity index (χ0n) is 13.4. The van der Waals surface area contributed by atoms with Gasteiger partial charge in [-0.15, -0.1) is 12.4 Å². The summed E-state index contributed by atoms with van der Waals surface area (Å²) in [7, 11) is 0. The highest BCUT2D eigenvalue weighted by atomic mass is 79.9. The van der Waals surface area contributed by atoms with Crippen LogP contribution in [0, 0.1) is 5.41 Å². The van der Waals surface area contributed by atoms with E-state index in [4.69, 9.17) is 4.74 Å². The van der Waals surface area contributed by atoms with E-state index in [9.17, 15) is 4.79 Å². The van der Waals surface area contributed by atoms with E-state index in [1.807, 2.05) is 36.1 Å². The van der Waals surface area contributed by atoms with E-state index in [0.717, 1.165) is 49.2 Å². The maximum Gasteiger partial charge on any atom is 0.263 e. The number of hydrogen-bond donors (Lipinski definition) is 1. The zero-order chi connectivity index (χ0) is 15.6. The number of hydrogen-bond acceptors (Lipinski definition) is 3. The van der Waals surface area contributed by atoms with Crippen molar-refractivity contribution in [3.8, 4) is 5.75 Å². The summed E-state index contributed by atoms with van der Waals surface area (Å²) in [6.07, 6.45) is 3.02. The average molecular weight is 404 g/mol. The molecule has 2 saturated heterocycles. The number of halogens is 2. The molecule has 1 N–H and O–H groups in total. The molecule has 23 heavy (non-hydrogen) atoms. The molecule has 1 unspecified atom stereocenters. The van der Waals surface area contributed by atoms with Crippen molar-refractivity contribution in [3.63, 3.8) is 0 Å². The number of ether oxygens (including phenoxy) is 1. The third kappa shape index (κ3) is 4.40. The smallest absolute Gasteiger partial charge is 0.263 e. The lowest BCUT2D eigenvalue weighted by Crippen LogP contribution is -2.48. The minimum absolute atomic E-state index is 0. The summed E-state index contributed by atoms with van der Waals surface area (Å²) < 4.78 is 6.75. The van der Waals surface area contributed by atoms with E-state index in [1.165, 1.54) is 6.42 Å². The molecule has 1 aromatic carbocycles. The highest BCUT2D eigenvalue weighted by Crippen LogP contribution is 2.37. The van der Waals surface area contributed by atoms with Gasteiger partial charge in [0.1, 0.15) is 5.75 Å². The first kappa shape index (κ1) is 18.6. The first-order valence-corrected chi connectivity index (χ1v) is 8.79. The Morgan fingerprint density at radius 1 is 1.35 bits per heavy atom. The van der Waals surface area contributed by atoms with Gasteiger partial charge < -0.3 is 15.0 Å². The second-order valence-corrected chi connectivity index (χ2v) is 7.39. The zero-order valence-corrected chi connectivity index (χ0v) is 15.8. The second kappa shape index (κ2) is 7.86. The quantitative estimate of drug-likeness (QED) is 0.842. The molecule has 1 atom stereocenters. The van der Waals surface area contributed by atoms with E-state index >= 15 is 0 Å². The van der Waals surface area contributed by atoms with Crippen molar-refractivity contribution in [1.29, 1.82) is 0 Å². The van der Waals surface area contributed by atoms with E-state index in [1.54, 1.807) is 0 Å². The molecule has 0 saturated carbocycles. The lowest BCUT2D eigenvalue weighted by molar-refractivity contribution is -0.140. The molecule has 2 fully saturated rings. The minimum atomic E-state index is -0.440. The molecule has 2 aliphatic rings. The number of nitrogens with one attached hydrogen (secondary N) is 1. The number of carbonyl (C=O) groups excluding carboxylic acids is 1. The van der Waals surface area contributed by atoms with Crippen LogP contribution in [-0.4, -0.2) is 43.1 Å². The molecule has 0 aromatic heterocycles. The molecule has 4 nitrogen and oxygen atoms in total. The van der Waals surface area contributed by atoms with Crippen molar-refractivity contribution in [3.05, 3.63) is 28.7 Å². The van der Waals surface area contributed by atoms with Crippen LogP contribution in [0.1, 0.15) is 26.2 Å². The fourth-order valence-electron chi connectivity index (χ4n) is 3.48. The lowest BCUT2D eigenvalue weighted by Gasteiger charge is -2.39. The van der Waals surface area contributed by atoms with Crippen LogP contribution < -0.4 is 10.1 Å². The molecular formula is C17H24BrClN2O2. The predicted octanol–water partition coefficient (Wildman–Crippen LogP) is 3.24. The molecule has 128 valence electrons. The van der Waals surface area contributed by atoms with E-state index < -0.39 is 6.10 Å². The highest BCUT2D eigenvalue weighted by molar-refractivity contribution is 9.10. The Balaban J connectivity index is 0.00000192. The number of benzene rings is 1. The van der Waals surface area contributed by atoms with Gasteiger partial charge in [-0.25, -0.2) is 0 Å². The topological polar surface area (TPSA) is 41.6 Å². The molecule has 0 aliphatic carbocycles. The van der Waals surface area contributed by atoms with Gasteiger partial charge in [-0.3, -0.25) is 4.79 Å². The Hall–Kier alpha value is -0.780. The number of piperidine rings is 1. The molecule has 6 heteroatoms. The first-order chi connectivity index (χ1) is 10.6. The summed E-state index contributed by atoms with van der Waals surface area (Å²) in [5, 5.41) is 3.45. The highest BCUT2D eigenvalue weighted by Gasteiger charge is 2.38. The number of rotatable bonds is 3. The van der Waals surface area contributed by atoms with Crippen molar-refractivity contribution < 1.29 is 9.53 Å². The molecular weight excluding hydrogens is 380 g/mol. The van der Waals surface area contributed by atoms with E-state index in [0.29, 0.717) is 5.41 Å². The molecule has 1 aromatic rings. The van der Waals surface area contributed by atoms with E-state index in [2.05, 4.69) is 21.2 Å². The van der Waals surface area contributed by atoms with Crippen molar-refractivity contribution in [1.82, 2.24) is 10.2 Å². The maximum absolute atomic E-state index is 12.6. The van der Waals surface area contributed by atoms with Crippen LogP contribution in [0.5, 0.6) is 5.75 Å². The van der Waals surface area contributed by atoms with Crippen LogP contribution in [-0.2, 0) is 4.79 Å². The molecule has 3 rings (SSSR count). The normalized spacial score (nSPS) is 20.9. The van der Waals surface area contributed by atoms with Crippen LogP contribution >= 0.6 is 28.3 Å². The van der Waals surface area contributed by atoms with Crippen LogP contribution in [0.15, 0.2) is 28.7 Å². The SMILES string of the molecule is CC(Oc1cccc(Br)c1)C(=O)N1CCC2(CCNC2)CC1.Cl. The number of amides is 1. The molecule has 2 aliphatic heterocycles. The molecule has 0 bridgehead atoms. The summed E-state index contributed by atoms with van der Waals surface area (Å²) >= 11 is 3.42. The molecule has 0 radical (unpaired) electrons. The second-order valence-electron chi connectivity index (χ2n) is 6.47. The van der Waals surface area contributed by atoms with Crippen molar-refractivity contribution in [2.24, 2.45) is 5.41 Å². The fraction of sp³-hybridized carbons (Fsp3) is 0.588. The number of carbonyl (C=O) groups is 1. The third-order valence-electron chi connectivity index (χ3n) is 4.92. The van der Waals surface area contributed by atoms with Crippen LogP contribution in [0.3, 0.4) is 0 Å². The Labute approximate surface area is 152 Å². The largest absolute Gasteiger partial charge is 0.481 e. The Morgan fingerprint density at radius 3 is 2.70 bits per heavy atom. The van der Waals surface area contributed by atoms with Gasteiger partial charge in [0.05, 0.1) is 0 Å². The van der Waals surface area contributed by atoms with Gasteiger partial charge in [-0.05, 0) is 56.3 Å². The van der Waals surface area contributed by atoms with Crippen molar-refractivity contribution in [2.45, 2.75) is 32.3 Å². The monoisotopic (exact) mass is 402 g/mol. The molecule has 1 spiro atoms. The van der Waals surface area contributed by atoms with Crippen LogP contribution in [0.25, 0.3) is 0 Å². The molecule has 1 amide bonds. The fourth-order valence-corrected chi connectivity index (χ4v) is 3.85. The summed E-state index contributed by atoms with van der Waals surface area (Å²) in [6, 6.07) is 7.62. The molecule has 2 heterocycles. The first-order valence-electron chi connectivity index (χ1n) is 8.00. The Morgan fingerprint density at radius 2 is 2.09 bits per heavy atom. The lowest BCUT2D eigenvalue weighted by atomic mass is 9.78. The van der Waals surface area contributed by atoms with Gasteiger partial charge in [0.15, 0.2) is 6.10 Å².